The van der Waals surface area contributed by atoms with Gasteiger partial charge in [-0.2, -0.15) is 0 Å². The summed E-state index contributed by atoms with van der Waals surface area (Å²) < 4.78 is 56.7. The van der Waals surface area contributed by atoms with Crippen LogP contribution in [0.5, 0.6) is 0 Å². The van der Waals surface area contributed by atoms with Crippen molar-refractivity contribution >= 4 is 17.5 Å². The number of carbonyl (C=O) groups excluding carboxylic acids is 1. The van der Waals surface area contributed by atoms with Crippen molar-refractivity contribution in [2.75, 3.05) is 6.54 Å². The molecule has 2 atom stereocenters. The average Bonchev–Trinajstić information content (AvgIpc) is 2.88. The van der Waals surface area contributed by atoms with Gasteiger partial charge in [-0.1, -0.05) is 17.7 Å². The Morgan fingerprint density at radius 2 is 2.00 bits per heavy atom. The number of amides is 1. The minimum absolute atomic E-state index is 0.0606. The molecule has 2 unspecified atom stereocenters. The molecular formula is C14H13ClF4N2O2. The third-order valence-electron chi connectivity index (χ3n) is 4.56. The fraction of sp³-hybridized carbons (Fsp3) is 0.571. The van der Waals surface area contributed by atoms with Crippen LogP contribution < -0.4 is 0 Å². The van der Waals surface area contributed by atoms with Crippen molar-refractivity contribution in [1.29, 1.82) is 0 Å². The Morgan fingerprint density at radius 3 is 2.57 bits per heavy atom. The van der Waals surface area contributed by atoms with Crippen LogP contribution in [0.3, 0.4) is 0 Å². The Hall–Kier alpha value is -1.41. The summed E-state index contributed by atoms with van der Waals surface area (Å²) >= 11 is 5.66. The van der Waals surface area contributed by atoms with Crippen LogP contribution in [0, 0.1) is 0 Å². The van der Waals surface area contributed by atoms with Gasteiger partial charge in [-0.05, 0) is 25.0 Å². The van der Waals surface area contributed by atoms with E-state index in [-0.39, 0.29) is 17.3 Å². The van der Waals surface area contributed by atoms with Crippen molar-refractivity contribution in [3.8, 4) is 0 Å². The van der Waals surface area contributed by atoms with E-state index in [1.54, 1.807) is 0 Å². The van der Waals surface area contributed by atoms with Crippen molar-refractivity contribution < 1.29 is 27.5 Å². The molecule has 1 N–H and O–H groups in total. The Bertz CT molecular complexity index is 657. The van der Waals surface area contributed by atoms with Crippen molar-refractivity contribution in [2.45, 2.75) is 42.8 Å². The molecule has 2 fully saturated rings. The van der Waals surface area contributed by atoms with E-state index >= 15 is 0 Å². The Morgan fingerprint density at radius 1 is 1.30 bits per heavy atom. The standard InChI is InChI=1S/C14H13ClF4N2O2/c15-9-4-1-3-8(20-9)10(22)21-7-13(16,17)11(23)12(21)5-2-6-14(12,18)19/h1,3-4,11,23H,2,5-7H2. The molecule has 9 heteroatoms. The van der Waals surface area contributed by atoms with E-state index in [9.17, 15) is 27.5 Å². The van der Waals surface area contributed by atoms with Gasteiger partial charge in [0.15, 0.2) is 0 Å². The third kappa shape index (κ3) is 2.22. The van der Waals surface area contributed by atoms with Gasteiger partial charge in [0.25, 0.3) is 17.8 Å². The Balaban J connectivity index is 2.08. The molecule has 1 saturated carbocycles. The van der Waals surface area contributed by atoms with E-state index in [2.05, 4.69) is 4.98 Å². The number of pyridine rings is 1. The van der Waals surface area contributed by atoms with Gasteiger partial charge in [-0.3, -0.25) is 4.79 Å². The predicted octanol–water partition coefficient (Wildman–Crippen LogP) is 2.75. The summed E-state index contributed by atoms with van der Waals surface area (Å²) in [6.07, 6.45) is -3.75. The second-order valence-electron chi connectivity index (χ2n) is 5.88. The maximum absolute atomic E-state index is 14.4. The minimum atomic E-state index is -3.82. The van der Waals surface area contributed by atoms with E-state index < -0.39 is 48.8 Å². The zero-order valence-electron chi connectivity index (χ0n) is 11.8. The molecule has 1 aliphatic heterocycles. The number of aliphatic hydroxyl groups excluding tert-OH is 1. The van der Waals surface area contributed by atoms with Crippen LogP contribution in [0.15, 0.2) is 18.2 Å². The highest BCUT2D eigenvalue weighted by Crippen LogP contribution is 2.56. The number of hydrogen-bond acceptors (Lipinski definition) is 3. The molecule has 1 aliphatic carbocycles. The van der Waals surface area contributed by atoms with Gasteiger partial charge in [-0.25, -0.2) is 22.5 Å². The number of aromatic nitrogens is 1. The number of hydrogen-bond donors (Lipinski definition) is 1. The molecule has 1 aromatic heterocycles. The number of likely N-dealkylation sites (tertiary alicyclic amines) is 1. The quantitative estimate of drug-likeness (QED) is 0.624. The van der Waals surface area contributed by atoms with Crippen LogP contribution in [0.4, 0.5) is 17.6 Å². The Kier molecular flexibility index (Phi) is 3.61. The molecule has 3 rings (SSSR count). The van der Waals surface area contributed by atoms with Gasteiger partial charge < -0.3 is 10.0 Å². The molecule has 2 heterocycles. The summed E-state index contributed by atoms with van der Waals surface area (Å²) in [5.74, 6) is -8.52. The summed E-state index contributed by atoms with van der Waals surface area (Å²) in [6.45, 7) is -1.28. The molecule has 23 heavy (non-hydrogen) atoms. The van der Waals surface area contributed by atoms with Gasteiger partial charge in [0, 0.05) is 6.42 Å². The van der Waals surface area contributed by atoms with Gasteiger partial charge >= 0.3 is 0 Å². The molecule has 1 spiro atoms. The lowest BCUT2D eigenvalue weighted by Gasteiger charge is -2.40. The zero-order valence-corrected chi connectivity index (χ0v) is 12.5. The van der Waals surface area contributed by atoms with E-state index in [1.165, 1.54) is 18.2 Å². The zero-order chi connectivity index (χ0) is 17.0. The number of carbonyl (C=O) groups is 1. The minimum Gasteiger partial charge on any atom is -0.384 e. The third-order valence-corrected chi connectivity index (χ3v) is 4.77. The average molecular weight is 353 g/mol. The summed E-state index contributed by atoms with van der Waals surface area (Å²) in [7, 11) is 0. The van der Waals surface area contributed by atoms with Gasteiger partial charge in [0.05, 0.1) is 6.54 Å². The maximum Gasteiger partial charge on any atom is 0.293 e. The highest BCUT2D eigenvalue weighted by Gasteiger charge is 2.75. The predicted molar refractivity (Wildman–Crippen MR) is 72.8 cm³/mol. The van der Waals surface area contributed by atoms with Gasteiger partial charge in [0.1, 0.15) is 22.5 Å². The topological polar surface area (TPSA) is 53.4 Å². The van der Waals surface area contributed by atoms with Crippen molar-refractivity contribution in [3.63, 3.8) is 0 Å². The van der Waals surface area contributed by atoms with Crippen LogP contribution >= 0.6 is 11.6 Å². The van der Waals surface area contributed by atoms with E-state index in [0.717, 1.165) is 0 Å². The molecule has 2 aliphatic rings. The first kappa shape index (κ1) is 16.4. The normalized spacial score (nSPS) is 31.7. The smallest absolute Gasteiger partial charge is 0.293 e. The second-order valence-corrected chi connectivity index (χ2v) is 6.27. The molecule has 4 nitrogen and oxygen atoms in total. The van der Waals surface area contributed by atoms with Crippen LogP contribution in [0.1, 0.15) is 29.8 Å². The molecule has 0 bridgehead atoms. The lowest BCUT2D eigenvalue weighted by atomic mass is 9.87. The largest absolute Gasteiger partial charge is 0.384 e. The molecular weight excluding hydrogens is 340 g/mol. The molecule has 0 radical (unpaired) electrons. The van der Waals surface area contributed by atoms with Gasteiger partial charge in [0.2, 0.25) is 0 Å². The van der Waals surface area contributed by atoms with Crippen LogP contribution in [-0.2, 0) is 0 Å². The fourth-order valence-corrected chi connectivity index (χ4v) is 3.67. The molecule has 126 valence electrons. The summed E-state index contributed by atoms with van der Waals surface area (Å²) in [6, 6.07) is 3.94. The monoisotopic (exact) mass is 352 g/mol. The number of rotatable bonds is 1. The van der Waals surface area contributed by atoms with Gasteiger partial charge in [-0.15, -0.1) is 0 Å². The van der Waals surface area contributed by atoms with Crippen molar-refractivity contribution in [2.24, 2.45) is 0 Å². The molecule has 1 amide bonds. The SMILES string of the molecule is O=C(c1cccc(Cl)n1)N1CC(F)(F)C(O)C12CCCC2(F)F. The maximum atomic E-state index is 14.4. The van der Waals surface area contributed by atoms with Crippen LogP contribution in [0.25, 0.3) is 0 Å². The van der Waals surface area contributed by atoms with E-state index in [1.807, 2.05) is 0 Å². The second kappa shape index (κ2) is 5.04. The number of halogens is 5. The van der Waals surface area contributed by atoms with E-state index in [4.69, 9.17) is 11.6 Å². The molecule has 1 saturated heterocycles. The van der Waals surface area contributed by atoms with Crippen LogP contribution in [0.2, 0.25) is 5.15 Å². The number of aliphatic hydroxyl groups is 1. The molecule has 0 aromatic carbocycles. The first-order valence-corrected chi connectivity index (χ1v) is 7.38. The van der Waals surface area contributed by atoms with E-state index in [0.29, 0.717) is 4.90 Å². The fourth-order valence-electron chi connectivity index (χ4n) is 3.50. The first-order valence-electron chi connectivity index (χ1n) is 7.00. The summed E-state index contributed by atoms with van der Waals surface area (Å²) in [5, 5.41) is 9.83. The Labute approximate surface area is 134 Å². The highest BCUT2D eigenvalue weighted by molar-refractivity contribution is 6.29. The van der Waals surface area contributed by atoms with Crippen molar-refractivity contribution in [3.05, 3.63) is 29.0 Å². The summed E-state index contributed by atoms with van der Waals surface area (Å²) in [5.41, 5.74) is -2.93. The number of alkyl halides is 4. The van der Waals surface area contributed by atoms with Crippen LogP contribution in [-0.4, -0.2) is 50.9 Å². The number of nitrogens with zero attached hydrogens (tertiary/aromatic N) is 2. The summed E-state index contributed by atoms with van der Waals surface area (Å²) in [4.78, 5) is 16.6. The molecule has 1 aromatic rings. The van der Waals surface area contributed by atoms with Crippen molar-refractivity contribution in [1.82, 2.24) is 9.88 Å². The lowest BCUT2D eigenvalue weighted by Crippen LogP contribution is -2.62. The highest BCUT2D eigenvalue weighted by atomic mass is 35.5. The first-order chi connectivity index (χ1) is 10.6. The lowest BCUT2D eigenvalue weighted by molar-refractivity contribution is -0.164.